The molecule has 0 fully saturated rings. The van der Waals surface area contributed by atoms with E-state index in [0.29, 0.717) is 16.5 Å². The van der Waals surface area contributed by atoms with Gasteiger partial charge in [0, 0.05) is 0 Å². The Kier molecular flexibility index (Phi) is 3.42. The van der Waals surface area contributed by atoms with Crippen molar-refractivity contribution in [3.63, 3.8) is 0 Å². The summed E-state index contributed by atoms with van der Waals surface area (Å²) in [5.74, 6) is 0.186. The molecule has 3 aromatic rings. The van der Waals surface area contributed by atoms with Crippen LogP contribution < -0.4 is 0 Å². The molecule has 0 aliphatic carbocycles. The molecule has 0 saturated heterocycles. The summed E-state index contributed by atoms with van der Waals surface area (Å²) < 4.78 is 0. The Morgan fingerprint density at radius 1 is 1.25 bits per heavy atom. The fourth-order valence-corrected chi connectivity index (χ4v) is 2.46. The van der Waals surface area contributed by atoms with Crippen molar-refractivity contribution >= 4 is 28.6 Å². The molecule has 7 heteroatoms. The molecule has 0 radical (unpaired) electrons. The number of carbonyl (C=O) groups is 1. The Morgan fingerprint density at radius 3 is 2.70 bits per heavy atom. The Morgan fingerprint density at radius 2 is 2.00 bits per heavy atom. The maximum atomic E-state index is 12.2. The monoisotopic (exact) mass is 285 g/mol. The quantitative estimate of drug-likeness (QED) is 0.583. The van der Waals surface area contributed by atoms with Crippen molar-refractivity contribution in [2.24, 2.45) is 0 Å². The summed E-state index contributed by atoms with van der Waals surface area (Å²) in [6.07, 6.45) is 1.41. The molecule has 2 aromatic heterocycles. The van der Waals surface area contributed by atoms with Crippen molar-refractivity contribution in [3.8, 4) is 0 Å². The average molecular weight is 285 g/mol. The molecule has 0 bridgehead atoms. The highest BCUT2D eigenvalue weighted by atomic mass is 32.2. The van der Waals surface area contributed by atoms with E-state index in [1.165, 1.54) is 18.1 Å². The number of hydrogen-bond acceptors (Lipinski definition) is 6. The second-order valence-corrected chi connectivity index (χ2v) is 5.11. The lowest BCUT2D eigenvalue weighted by Crippen LogP contribution is -2.09. The number of aryl methyl sites for hydroxylation is 1. The number of benzene rings is 1. The molecule has 3 rings (SSSR count). The number of nitrogens with one attached hydrogen (secondary N) is 1. The fourth-order valence-electron chi connectivity index (χ4n) is 1.82. The zero-order valence-corrected chi connectivity index (χ0v) is 11.5. The van der Waals surface area contributed by atoms with E-state index in [-0.39, 0.29) is 11.5 Å². The van der Waals surface area contributed by atoms with Crippen LogP contribution in [0.5, 0.6) is 0 Å². The highest BCUT2D eigenvalue weighted by Crippen LogP contribution is 2.16. The highest BCUT2D eigenvalue weighted by Gasteiger charge is 2.14. The normalized spacial score (nSPS) is 10.8. The van der Waals surface area contributed by atoms with Gasteiger partial charge in [0.2, 0.25) is 0 Å². The van der Waals surface area contributed by atoms with E-state index in [1.54, 1.807) is 6.92 Å². The van der Waals surface area contributed by atoms with E-state index in [4.69, 9.17) is 0 Å². The van der Waals surface area contributed by atoms with Crippen LogP contribution in [0.15, 0.2) is 35.7 Å². The smallest absolute Gasteiger partial charge is 0.193 e. The van der Waals surface area contributed by atoms with Crippen LogP contribution in [0.2, 0.25) is 0 Å². The number of Topliss-reactive ketones (excluding diaryl/α,β-unsaturated/α-hetero) is 1. The number of H-pyrrole nitrogens is 1. The summed E-state index contributed by atoms with van der Waals surface area (Å²) >= 11 is 1.30. The van der Waals surface area contributed by atoms with Crippen molar-refractivity contribution in [1.29, 1.82) is 0 Å². The standard InChI is InChI=1S/C13H11N5OS/c1-8-12(11(19)6-20-13-14-7-15-18-13)17-10-5-3-2-4-9(10)16-8/h2-5,7H,6H2,1H3,(H,14,15,18). The predicted molar refractivity (Wildman–Crippen MR) is 75.7 cm³/mol. The molecule has 1 aromatic carbocycles. The van der Waals surface area contributed by atoms with Crippen LogP contribution in [0.1, 0.15) is 16.2 Å². The van der Waals surface area contributed by atoms with Gasteiger partial charge in [-0.3, -0.25) is 9.89 Å². The molecular formula is C13H11N5OS. The van der Waals surface area contributed by atoms with Crippen molar-refractivity contribution in [1.82, 2.24) is 25.1 Å². The first kappa shape index (κ1) is 12.7. The van der Waals surface area contributed by atoms with Gasteiger partial charge in [-0.2, -0.15) is 5.10 Å². The van der Waals surface area contributed by atoms with Crippen molar-refractivity contribution < 1.29 is 4.79 Å². The molecule has 0 saturated carbocycles. The SMILES string of the molecule is Cc1nc2ccccc2nc1C(=O)CSc1ncn[nH]1. The zero-order valence-electron chi connectivity index (χ0n) is 10.7. The van der Waals surface area contributed by atoms with E-state index in [9.17, 15) is 4.79 Å². The van der Waals surface area contributed by atoms with Crippen LogP contribution in [0, 0.1) is 6.92 Å². The topological polar surface area (TPSA) is 84.4 Å². The maximum absolute atomic E-state index is 12.2. The molecule has 1 N–H and O–H groups in total. The molecule has 100 valence electrons. The van der Waals surface area contributed by atoms with Gasteiger partial charge in [0.05, 0.1) is 22.5 Å². The van der Waals surface area contributed by atoms with Crippen molar-refractivity contribution in [2.75, 3.05) is 5.75 Å². The molecule has 0 aliphatic heterocycles. The van der Waals surface area contributed by atoms with Crippen LogP contribution in [0.4, 0.5) is 0 Å². The predicted octanol–water partition coefficient (Wildman–Crippen LogP) is 2.03. The lowest BCUT2D eigenvalue weighted by atomic mass is 10.2. The summed E-state index contributed by atoms with van der Waals surface area (Å²) in [5.41, 5.74) is 2.58. The number of hydrogen-bond donors (Lipinski definition) is 1. The molecule has 0 unspecified atom stereocenters. The molecular weight excluding hydrogens is 274 g/mol. The van der Waals surface area contributed by atoms with Crippen LogP contribution in [0.3, 0.4) is 0 Å². The third-order valence-corrected chi connectivity index (χ3v) is 3.62. The second kappa shape index (κ2) is 5.38. The number of nitrogens with zero attached hydrogens (tertiary/aromatic N) is 4. The molecule has 0 spiro atoms. The van der Waals surface area contributed by atoms with Gasteiger partial charge in [0.15, 0.2) is 10.9 Å². The summed E-state index contributed by atoms with van der Waals surface area (Å²) in [7, 11) is 0. The lowest BCUT2D eigenvalue weighted by Gasteiger charge is -2.05. The molecule has 2 heterocycles. The van der Waals surface area contributed by atoms with Gasteiger partial charge >= 0.3 is 0 Å². The number of thioether (sulfide) groups is 1. The molecule has 0 amide bonds. The van der Waals surface area contributed by atoms with E-state index < -0.39 is 0 Å². The van der Waals surface area contributed by atoms with E-state index in [1.807, 2.05) is 24.3 Å². The van der Waals surface area contributed by atoms with Crippen molar-refractivity contribution in [2.45, 2.75) is 12.1 Å². The van der Waals surface area contributed by atoms with E-state index in [2.05, 4.69) is 25.1 Å². The number of carbonyl (C=O) groups excluding carboxylic acids is 1. The molecule has 20 heavy (non-hydrogen) atoms. The molecule has 6 nitrogen and oxygen atoms in total. The average Bonchev–Trinajstić information content (AvgIpc) is 2.97. The maximum Gasteiger partial charge on any atom is 0.193 e. The molecule has 0 aliphatic rings. The van der Waals surface area contributed by atoms with Gasteiger partial charge in [-0.05, 0) is 19.1 Å². The minimum absolute atomic E-state index is 0.0675. The van der Waals surface area contributed by atoms with Gasteiger partial charge in [-0.25, -0.2) is 15.0 Å². The third kappa shape index (κ3) is 2.53. The minimum atomic E-state index is -0.0675. The Labute approximate surface area is 119 Å². The Bertz CT molecular complexity index is 757. The second-order valence-electron chi connectivity index (χ2n) is 4.15. The van der Waals surface area contributed by atoms with Gasteiger partial charge in [0.25, 0.3) is 0 Å². The van der Waals surface area contributed by atoms with E-state index >= 15 is 0 Å². The first-order valence-corrected chi connectivity index (χ1v) is 6.97. The third-order valence-electron chi connectivity index (χ3n) is 2.74. The Hall–Kier alpha value is -2.28. The highest BCUT2D eigenvalue weighted by molar-refractivity contribution is 7.99. The van der Waals surface area contributed by atoms with Gasteiger partial charge < -0.3 is 0 Å². The van der Waals surface area contributed by atoms with Gasteiger partial charge in [0.1, 0.15) is 12.0 Å². The number of aromatic nitrogens is 5. The summed E-state index contributed by atoms with van der Waals surface area (Å²) in [6.45, 7) is 1.80. The van der Waals surface area contributed by atoms with Crippen molar-refractivity contribution in [3.05, 3.63) is 42.0 Å². The number of fused-ring (bicyclic) bond motifs is 1. The van der Waals surface area contributed by atoms with Gasteiger partial charge in [-0.1, -0.05) is 23.9 Å². The van der Waals surface area contributed by atoms with E-state index in [0.717, 1.165) is 11.0 Å². The largest absolute Gasteiger partial charge is 0.291 e. The van der Waals surface area contributed by atoms with Crippen LogP contribution in [0.25, 0.3) is 11.0 Å². The summed E-state index contributed by atoms with van der Waals surface area (Å²) in [5, 5.41) is 7.05. The zero-order chi connectivity index (χ0) is 13.9. The summed E-state index contributed by atoms with van der Waals surface area (Å²) in [6, 6.07) is 7.51. The number of para-hydroxylation sites is 2. The molecule has 0 atom stereocenters. The first-order chi connectivity index (χ1) is 9.74. The van der Waals surface area contributed by atoms with Crippen LogP contribution >= 0.6 is 11.8 Å². The van der Waals surface area contributed by atoms with Crippen LogP contribution in [-0.2, 0) is 0 Å². The Balaban J connectivity index is 1.85. The number of rotatable bonds is 4. The number of ketones is 1. The minimum Gasteiger partial charge on any atom is -0.291 e. The first-order valence-electron chi connectivity index (χ1n) is 5.99. The van der Waals surface area contributed by atoms with Gasteiger partial charge in [-0.15, -0.1) is 0 Å². The number of aromatic amines is 1. The fraction of sp³-hybridized carbons (Fsp3) is 0.154. The summed E-state index contributed by atoms with van der Waals surface area (Å²) in [4.78, 5) is 25.0. The lowest BCUT2D eigenvalue weighted by molar-refractivity contribution is 0.101. The van der Waals surface area contributed by atoms with Crippen LogP contribution in [-0.4, -0.2) is 36.7 Å².